The first kappa shape index (κ1) is 13.4. The Labute approximate surface area is 113 Å². The van der Waals surface area contributed by atoms with Gasteiger partial charge in [0.2, 0.25) is 0 Å². The number of piperidine rings is 1. The van der Waals surface area contributed by atoms with Crippen molar-refractivity contribution in [1.82, 2.24) is 0 Å². The van der Waals surface area contributed by atoms with Crippen LogP contribution in [0.25, 0.3) is 0 Å². The number of nitriles is 1. The molecule has 0 saturated carbocycles. The summed E-state index contributed by atoms with van der Waals surface area (Å²) in [5, 5.41) is 18.6. The quantitative estimate of drug-likeness (QED) is 0.885. The number of hydrogen-bond donors (Lipinski definition) is 1. The van der Waals surface area contributed by atoms with E-state index in [0.717, 1.165) is 18.7 Å². The van der Waals surface area contributed by atoms with E-state index in [2.05, 4.69) is 11.0 Å². The van der Waals surface area contributed by atoms with E-state index in [0.29, 0.717) is 12.0 Å². The van der Waals surface area contributed by atoms with Crippen LogP contribution in [0.1, 0.15) is 32.3 Å². The van der Waals surface area contributed by atoms with Crippen molar-refractivity contribution >= 4 is 11.7 Å². The molecule has 19 heavy (non-hydrogen) atoms. The van der Waals surface area contributed by atoms with Gasteiger partial charge in [0.05, 0.1) is 17.2 Å². The van der Waals surface area contributed by atoms with E-state index in [4.69, 9.17) is 0 Å². The normalized spacial score (nSPS) is 21.7. The van der Waals surface area contributed by atoms with Gasteiger partial charge in [0.15, 0.2) is 0 Å². The number of aliphatic carboxylic acids is 1. The fourth-order valence-corrected chi connectivity index (χ4v) is 2.94. The number of carboxylic acid groups (broad SMARTS) is 1. The number of para-hydroxylation sites is 1. The van der Waals surface area contributed by atoms with Gasteiger partial charge in [0, 0.05) is 12.1 Å². The number of benzene rings is 1. The summed E-state index contributed by atoms with van der Waals surface area (Å²) in [5.74, 6) is -1.17. The van der Waals surface area contributed by atoms with Crippen LogP contribution in [0.2, 0.25) is 0 Å². The Kier molecular flexibility index (Phi) is 3.48. The van der Waals surface area contributed by atoms with Gasteiger partial charge in [-0.1, -0.05) is 12.1 Å². The molecule has 1 unspecified atom stereocenters. The zero-order chi connectivity index (χ0) is 14.0. The van der Waals surface area contributed by atoms with Gasteiger partial charge in [-0.15, -0.1) is 0 Å². The van der Waals surface area contributed by atoms with Gasteiger partial charge in [-0.2, -0.15) is 5.26 Å². The summed E-state index contributed by atoms with van der Waals surface area (Å²) in [6.07, 6.45) is 1.52. The van der Waals surface area contributed by atoms with Crippen LogP contribution in [0.4, 0.5) is 5.69 Å². The molecule has 0 radical (unpaired) electrons. The fourth-order valence-electron chi connectivity index (χ4n) is 2.94. The van der Waals surface area contributed by atoms with Gasteiger partial charge >= 0.3 is 5.97 Å². The highest BCUT2D eigenvalue weighted by Crippen LogP contribution is 2.38. The van der Waals surface area contributed by atoms with Crippen LogP contribution in [0.3, 0.4) is 0 Å². The molecule has 0 spiro atoms. The Morgan fingerprint density at radius 3 is 2.79 bits per heavy atom. The minimum absolute atomic E-state index is 0.409. The molecule has 1 N–H and O–H groups in total. The van der Waals surface area contributed by atoms with E-state index in [1.165, 1.54) is 0 Å². The summed E-state index contributed by atoms with van der Waals surface area (Å²) >= 11 is 0. The molecule has 1 heterocycles. The number of carboxylic acids is 1. The Morgan fingerprint density at radius 1 is 1.47 bits per heavy atom. The molecule has 4 nitrogen and oxygen atoms in total. The third-order valence-electron chi connectivity index (χ3n) is 4.04. The highest BCUT2D eigenvalue weighted by molar-refractivity contribution is 5.74. The van der Waals surface area contributed by atoms with Crippen molar-refractivity contribution in [2.45, 2.75) is 32.2 Å². The van der Waals surface area contributed by atoms with Crippen molar-refractivity contribution in [2.75, 3.05) is 11.4 Å². The third kappa shape index (κ3) is 2.28. The minimum atomic E-state index is -0.760. The van der Waals surface area contributed by atoms with Gasteiger partial charge in [0.25, 0.3) is 0 Å². The molecular formula is C15H18N2O2. The zero-order valence-electron chi connectivity index (χ0n) is 11.3. The van der Waals surface area contributed by atoms with E-state index >= 15 is 0 Å². The molecule has 1 saturated heterocycles. The lowest BCUT2D eigenvalue weighted by Crippen LogP contribution is -2.56. The molecule has 0 aliphatic carbocycles. The summed E-state index contributed by atoms with van der Waals surface area (Å²) in [5.41, 5.74) is 0.944. The largest absolute Gasteiger partial charge is 0.481 e. The predicted octanol–water partition coefficient (Wildman–Crippen LogP) is 2.64. The molecule has 0 amide bonds. The lowest BCUT2D eigenvalue weighted by atomic mass is 9.78. The van der Waals surface area contributed by atoms with Crippen LogP contribution in [0.15, 0.2) is 24.3 Å². The van der Waals surface area contributed by atoms with E-state index in [9.17, 15) is 15.2 Å². The Morgan fingerprint density at radius 2 is 2.16 bits per heavy atom. The Hall–Kier alpha value is -2.02. The SMILES string of the molecule is CC1(C)C(C(=O)O)CCCN1c1ccccc1C#N. The molecule has 1 aromatic carbocycles. The van der Waals surface area contributed by atoms with Crippen molar-refractivity contribution < 1.29 is 9.90 Å². The van der Waals surface area contributed by atoms with E-state index in [1.54, 1.807) is 6.07 Å². The standard InChI is InChI=1S/C15H18N2O2/c1-15(2)12(14(18)19)7-5-9-17(15)13-8-4-3-6-11(13)10-16/h3-4,6,8,12H,5,7,9H2,1-2H3,(H,18,19). The van der Waals surface area contributed by atoms with Crippen molar-refractivity contribution in [3.05, 3.63) is 29.8 Å². The molecule has 1 atom stereocenters. The highest BCUT2D eigenvalue weighted by atomic mass is 16.4. The second kappa shape index (κ2) is 4.93. The zero-order valence-corrected chi connectivity index (χ0v) is 11.3. The first-order valence-electron chi connectivity index (χ1n) is 6.48. The van der Waals surface area contributed by atoms with Crippen molar-refractivity contribution in [2.24, 2.45) is 5.92 Å². The summed E-state index contributed by atoms with van der Waals surface area (Å²) < 4.78 is 0. The molecule has 1 aromatic rings. The highest BCUT2D eigenvalue weighted by Gasteiger charge is 2.43. The number of hydrogen-bond acceptors (Lipinski definition) is 3. The maximum absolute atomic E-state index is 11.4. The smallest absolute Gasteiger partial charge is 0.308 e. The molecule has 4 heteroatoms. The average Bonchev–Trinajstić information content (AvgIpc) is 2.37. The molecule has 100 valence electrons. The van der Waals surface area contributed by atoms with Gasteiger partial charge in [-0.3, -0.25) is 4.79 Å². The number of nitrogens with zero attached hydrogens (tertiary/aromatic N) is 2. The molecule has 0 aromatic heterocycles. The summed E-state index contributed by atoms with van der Waals surface area (Å²) in [7, 11) is 0. The molecular weight excluding hydrogens is 240 g/mol. The van der Waals surface area contributed by atoms with E-state index in [1.807, 2.05) is 32.0 Å². The molecule has 1 aliphatic rings. The van der Waals surface area contributed by atoms with Gasteiger partial charge in [0.1, 0.15) is 6.07 Å². The first-order chi connectivity index (χ1) is 8.98. The van der Waals surface area contributed by atoms with Crippen LogP contribution < -0.4 is 4.90 Å². The average molecular weight is 258 g/mol. The number of carbonyl (C=O) groups is 1. The van der Waals surface area contributed by atoms with Gasteiger partial charge in [-0.25, -0.2) is 0 Å². The second-order valence-electron chi connectivity index (χ2n) is 5.47. The third-order valence-corrected chi connectivity index (χ3v) is 4.04. The molecule has 2 rings (SSSR count). The van der Waals surface area contributed by atoms with E-state index < -0.39 is 17.4 Å². The lowest BCUT2D eigenvalue weighted by Gasteiger charge is -2.48. The van der Waals surface area contributed by atoms with E-state index in [-0.39, 0.29) is 0 Å². The number of rotatable bonds is 2. The van der Waals surface area contributed by atoms with Gasteiger partial charge < -0.3 is 10.0 Å². The Bertz CT molecular complexity index is 531. The Balaban J connectivity index is 2.44. The summed E-state index contributed by atoms with van der Waals surface area (Å²) in [4.78, 5) is 13.5. The summed E-state index contributed by atoms with van der Waals surface area (Å²) in [6, 6.07) is 9.57. The van der Waals surface area contributed by atoms with Crippen LogP contribution >= 0.6 is 0 Å². The van der Waals surface area contributed by atoms with Crippen molar-refractivity contribution in [1.29, 1.82) is 5.26 Å². The van der Waals surface area contributed by atoms with Crippen LogP contribution in [-0.4, -0.2) is 23.2 Å². The monoisotopic (exact) mass is 258 g/mol. The minimum Gasteiger partial charge on any atom is -0.481 e. The van der Waals surface area contributed by atoms with Crippen molar-refractivity contribution in [3.8, 4) is 6.07 Å². The first-order valence-corrected chi connectivity index (χ1v) is 6.48. The van der Waals surface area contributed by atoms with Crippen LogP contribution in [0.5, 0.6) is 0 Å². The summed E-state index contributed by atoms with van der Waals surface area (Å²) in [6.45, 7) is 4.67. The van der Waals surface area contributed by atoms with Gasteiger partial charge in [-0.05, 0) is 38.8 Å². The lowest BCUT2D eigenvalue weighted by molar-refractivity contribution is -0.144. The predicted molar refractivity (Wildman–Crippen MR) is 72.9 cm³/mol. The number of anilines is 1. The molecule has 1 aliphatic heterocycles. The molecule has 1 fully saturated rings. The maximum atomic E-state index is 11.4. The van der Waals surface area contributed by atoms with Crippen LogP contribution in [-0.2, 0) is 4.79 Å². The fraction of sp³-hybridized carbons (Fsp3) is 0.467. The molecule has 0 bridgehead atoms. The second-order valence-corrected chi connectivity index (χ2v) is 5.47. The van der Waals surface area contributed by atoms with Crippen molar-refractivity contribution in [3.63, 3.8) is 0 Å². The van der Waals surface area contributed by atoms with Crippen LogP contribution in [0, 0.1) is 17.2 Å². The topological polar surface area (TPSA) is 64.3 Å². The maximum Gasteiger partial charge on any atom is 0.308 e.